The van der Waals surface area contributed by atoms with E-state index < -0.39 is 11.6 Å². The largest absolute Gasteiger partial charge is 0.465 e. The first-order chi connectivity index (χ1) is 11.6. The van der Waals surface area contributed by atoms with Gasteiger partial charge in [0.15, 0.2) is 11.6 Å². The second-order valence-electron chi connectivity index (χ2n) is 6.03. The van der Waals surface area contributed by atoms with Crippen LogP contribution in [0.3, 0.4) is 0 Å². The van der Waals surface area contributed by atoms with Crippen molar-refractivity contribution in [1.82, 2.24) is 10.1 Å². The van der Waals surface area contributed by atoms with E-state index in [1.165, 1.54) is 6.07 Å². The van der Waals surface area contributed by atoms with E-state index in [1.54, 1.807) is 0 Å². The number of nitrogens with zero attached hydrogens (tertiary/aromatic N) is 2. The van der Waals surface area contributed by atoms with Gasteiger partial charge in [-0.15, -0.1) is 0 Å². The van der Waals surface area contributed by atoms with Crippen LogP contribution in [-0.2, 0) is 19.5 Å². The summed E-state index contributed by atoms with van der Waals surface area (Å²) in [5.41, 5.74) is 2.02. The minimum absolute atomic E-state index is 0.523. The van der Waals surface area contributed by atoms with Crippen LogP contribution >= 0.6 is 0 Å². The molecular weight excluding hydrogens is 314 g/mol. The van der Waals surface area contributed by atoms with Gasteiger partial charge in [0.25, 0.3) is 0 Å². The summed E-state index contributed by atoms with van der Waals surface area (Å²) in [6.45, 7) is 4.07. The van der Waals surface area contributed by atoms with E-state index in [0.29, 0.717) is 24.3 Å². The second kappa shape index (κ2) is 5.87. The smallest absolute Gasteiger partial charge is 0.159 e. The van der Waals surface area contributed by atoms with Crippen molar-refractivity contribution in [2.75, 3.05) is 6.54 Å². The Kier molecular flexibility index (Phi) is 3.69. The summed E-state index contributed by atoms with van der Waals surface area (Å²) < 4.78 is 37.7. The molecule has 0 saturated carbocycles. The summed E-state index contributed by atoms with van der Waals surface area (Å²) >= 11 is 0. The first-order valence-corrected chi connectivity index (χ1v) is 7.80. The van der Waals surface area contributed by atoms with Crippen LogP contribution in [0.15, 0.2) is 39.3 Å². The van der Waals surface area contributed by atoms with Gasteiger partial charge in [-0.1, -0.05) is 5.16 Å². The van der Waals surface area contributed by atoms with E-state index in [0.717, 1.165) is 47.9 Å². The third-order valence-corrected chi connectivity index (χ3v) is 4.27. The van der Waals surface area contributed by atoms with Crippen LogP contribution in [0.5, 0.6) is 0 Å². The Balaban J connectivity index is 1.60. The lowest BCUT2D eigenvalue weighted by Gasteiger charge is -2.25. The van der Waals surface area contributed by atoms with E-state index in [9.17, 15) is 8.78 Å². The fourth-order valence-corrected chi connectivity index (χ4v) is 3.06. The van der Waals surface area contributed by atoms with E-state index in [4.69, 9.17) is 8.94 Å². The van der Waals surface area contributed by atoms with Crippen LogP contribution in [-0.4, -0.2) is 16.6 Å². The van der Waals surface area contributed by atoms with Crippen LogP contribution in [0.1, 0.15) is 22.8 Å². The molecule has 0 N–H and O–H groups in total. The van der Waals surface area contributed by atoms with Crippen molar-refractivity contribution < 1.29 is 17.7 Å². The number of halogens is 2. The monoisotopic (exact) mass is 330 g/mol. The van der Waals surface area contributed by atoms with Crippen LogP contribution in [0.4, 0.5) is 8.78 Å². The van der Waals surface area contributed by atoms with Gasteiger partial charge in [-0.3, -0.25) is 4.90 Å². The lowest BCUT2D eigenvalue weighted by atomic mass is 10.0. The molecule has 24 heavy (non-hydrogen) atoms. The minimum atomic E-state index is -0.886. The Morgan fingerprint density at radius 3 is 2.79 bits per heavy atom. The summed E-state index contributed by atoms with van der Waals surface area (Å²) in [4.78, 5) is 2.22. The molecule has 0 unspecified atom stereocenters. The fraction of sp³-hybridized carbons (Fsp3) is 0.278. The molecule has 0 bridgehead atoms. The lowest BCUT2D eigenvalue weighted by molar-refractivity contribution is 0.211. The maximum Gasteiger partial charge on any atom is 0.159 e. The van der Waals surface area contributed by atoms with E-state index in [-0.39, 0.29) is 0 Å². The summed E-state index contributed by atoms with van der Waals surface area (Å²) in [6, 6.07) is 7.69. The number of aromatic nitrogens is 1. The first-order valence-electron chi connectivity index (χ1n) is 7.80. The molecule has 1 aliphatic heterocycles. The molecule has 0 spiro atoms. The Hall–Kier alpha value is -2.47. The molecule has 0 saturated heterocycles. The number of rotatable bonds is 3. The van der Waals surface area contributed by atoms with Gasteiger partial charge >= 0.3 is 0 Å². The molecule has 1 aromatic carbocycles. The topological polar surface area (TPSA) is 42.4 Å². The predicted octanol–water partition coefficient (Wildman–Crippen LogP) is 4.08. The molecular formula is C18H16F2N2O2. The Morgan fingerprint density at radius 2 is 2.04 bits per heavy atom. The lowest BCUT2D eigenvalue weighted by Crippen LogP contribution is -2.29. The normalized spacial score (nSPS) is 14.8. The summed E-state index contributed by atoms with van der Waals surface area (Å²) in [5, 5.41) is 4.07. The summed E-state index contributed by atoms with van der Waals surface area (Å²) in [5.74, 6) is 0.840. The van der Waals surface area contributed by atoms with E-state index in [1.807, 2.05) is 19.1 Å². The molecule has 4 rings (SSSR count). The molecule has 0 amide bonds. The van der Waals surface area contributed by atoms with Gasteiger partial charge in [0.05, 0.1) is 6.54 Å². The van der Waals surface area contributed by atoms with Gasteiger partial charge in [0, 0.05) is 30.6 Å². The Labute approximate surface area is 137 Å². The van der Waals surface area contributed by atoms with Crippen LogP contribution < -0.4 is 0 Å². The van der Waals surface area contributed by atoms with E-state index >= 15 is 0 Å². The Morgan fingerprint density at radius 1 is 1.17 bits per heavy atom. The number of furan rings is 1. The highest BCUT2D eigenvalue weighted by Crippen LogP contribution is 2.31. The first kappa shape index (κ1) is 15.1. The van der Waals surface area contributed by atoms with Gasteiger partial charge in [-0.05, 0) is 37.3 Å². The van der Waals surface area contributed by atoms with Crippen molar-refractivity contribution in [1.29, 1.82) is 0 Å². The molecule has 0 radical (unpaired) electrons. The average molecular weight is 330 g/mol. The fourth-order valence-electron chi connectivity index (χ4n) is 3.06. The van der Waals surface area contributed by atoms with Gasteiger partial charge in [-0.2, -0.15) is 0 Å². The zero-order chi connectivity index (χ0) is 16.7. The number of hydrogen-bond acceptors (Lipinski definition) is 4. The summed E-state index contributed by atoms with van der Waals surface area (Å²) in [6.07, 6.45) is 0.728. The number of benzene rings is 1. The maximum atomic E-state index is 13.5. The SMILES string of the molecule is Cc1ccc(CN2CCc3onc(-c4ccc(F)c(F)c4)c3C2)o1. The quantitative estimate of drug-likeness (QED) is 0.726. The number of fused-ring (bicyclic) bond motifs is 1. The molecule has 2 aromatic heterocycles. The molecule has 3 heterocycles. The van der Waals surface area contributed by atoms with Crippen molar-refractivity contribution in [2.45, 2.75) is 26.4 Å². The van der Waals surface area contributed by atoms with Crippen molar-refractivity contribution in [2.24, 2.45) is 0 Å². The van der Waals surface area contributed by atoms with E-state index in [2.05, 4.69) is 10.1 Å². The zero-order valence-corrected chi connectivity index (χ0v) is 13.2. The molecule has 0 aliphatic carbocycles. The van der Waals surface area contributed by atoms with Gasteiger partial charge in [0.1, 0.15) is 23.0 Å². The number of hydrogen-bond donors (Lipinski definition) is 0. The minimum Gasteiger partial charge on any atom is -0.465 e. The highest BCUT2D eigenvalue weighted by Gasteiger charge is 2.25. The summed E-state index contributed by atoms with van der Waals surface area (Å²) in [7, 11) is 0. The highest BCUT2D eigenvalue weighted by molar-refractivity contribution is 5.63. The molecule has 6 heteroatoms. The van der Waals surface area contributed by atoms with Crippen LogP contribution in [0.25, 0.3) is 11.3 Å². The predicted molar refractivity (Wildman–Crippen MR) is 83.1 cm³/mol. The molecule has 4 nitrogen and oxygen atoms in total. The van der Waals surface area contributed by atoms with Crippen molar-refractivity contribution in [3.63, 3.8) is 0 Å². The van der Waals surface area contributed by atoms with Crippen molar-refractivity contribution in [3.8, 4) is 11.3 Å². The average Bonchev–Trinajstić information content (AvgIpc) is 3.16. The van der Waals surface area contributed by atoms with Gasteiger partial charge < -0.3 is 8.94 Å². The van der Waals surface area contributed by atoms with Gasteiger partial charge in [-0.25, -0.2) is 8.78 Å². The Bertz CT molecular complexity index is 885. The van der Waals surface area contributed by atoms with Gasteiger partial charge in [0.2, 0.25) is 0 Å². The third-order valence-electron chi connectivity index (χ3n) is 4.27. The third kappa shape index (κ3) is 2.73. The highest BCUT2D eigenvalue weighted by atomic mass is 19.2. The van der Waals surface area contributed by atoms with Crippen molar-refractivity contribution >= 4 is 0 Å². The zero-order valence-electron chi connectivity index (χ0n) is 13.2. The molecule has 3 aromatic rings. The van der Waals surface area contributed by atoms with Crippen molar-refractivity contribution in [3.05, 3.63) is 64.8 Å². The molecule has 0 fully saturated rings. The maximum absolute atomic E-state index is 13.5. The van der Waals surface area contributed by atoms with Crippen LogP contribution in [0.2, 0.25) is 0 Å². The second-order valence-corrected chi connectivity index (χ2v) is 6.03. The molecule has 1 aliphatic rings. The number of aryl methyl sites for hydroxylation is 1. The molecule has 0 atom stereocenters. The standard InChI is InChI=1S/C18H16F2N2O2/c1-11-2-4-13(23-11)9-22-7-6-17-14(10-22)18(21-24-17)12-3-5-15(19)16(20)8-12/h2-5,8H,6-7,9-10H2,1H3. The molecule has 124 valence electrons. The van der Waals surface area contributed by atoms with Crippen LogP contribution in [0, 0.1) is 18.6 Å².